The number of ether oxygens (including phenoxy) is 1. The molecule has 3 heteroatoms. The van der Waals surface area contributed by atoms with Crippen LogP contribution in [0.25, 0.3) is 0 Å². The molecule has 11 heavy (non-hydrogen) atoms. The van der Waals surface area contributed by atoms with Crippen LogP contribution in [0.1, 0.15) is 5.56 Å². The van der Waals surface area contributed by atoms with E-state index in [0.717, 1.165) is 17.0 Å². The van der Waals surface area contributed by atoms with Crippen molar-refractivity contribution in [1.82, 2.24) is 0 Å². The van der Waals surface area contributed by atoms with Gasteiger partial charge in [0.25, 0.3) is 0 Å². The molecule has 0 fully saturated rings. The highest BCUT2D eigenvalue weighted by Gasteiger charge is 1.98. The normalized spacial score (nSPS) is 9.36. The summed E-state index contributed by atoms with van der Waals surface area (Å²) in [4.78, 5) is 0. The van der Waals surface area contributed by atoms with Crippen molar-refractivity contribution < 1.29 is 4.74 Å². The first-order chi connectivity index (χ1) is 5.27. The van der Waals surface area contributed by atoms with Gasteiger partial charge in [0.05, 0.1) is 12.8 Å². The van der Waals surface area contributed by atoms with Crippen molar-refractivity contribution in [3.8, 4) is 5.75 Å². The van der Waals surface area contributed by atoms with Gasteiger partial charge in [-0.2, -0.15) is 0 Å². The van der Waals surface area contributed by atoms with Crippen molar-refractivity contribution in [3.63, 3.8) is 0 Å². The topological polar surface area (TPSA) is 47.3 Å². The van der Waals surface area contributed by atoms with Crippen molar-refractivity contribution in [3.05, 3.63) is 23.8 Å². The van der Waals surface area contributed by atoms with Crippen LogP contribution < -0.4 is 16.0 Å². The lowest BCUT2D eigenvalue weighted by molar-refractivity contribution is 0.416. The summed E-state index contributed by atoms with van der Waals surface area (Å²) in [7, 11) is 1.62. The first-order valence-electron chi connectivity index (χ1n) is 3.39. The van der Waals surface area contributed by atoms with Crippen molar-refractivity contribution in [2.24, 2.45) is 5.84 Å². The largest absolute Gasteiger partial charge is 0.495 e. The molecule has 0 aliphatic rings. The van der Waals surface area contributed by atoms with E-state index in [2.05, 4.69) is 5.43 Å². The molecule has 0 unspecified atom stereocenters. The number of aryl methyl sites for hydroxylation is 1. The molecule has 1 aromatic carbocycles. The predicted octanol–water partition coefficient (Wildman–Crippen LogP) is 1.29. The number of anilines is 1. The summed E-state index contributed by atoms with van der Waals surface area (Å²) in [6.07, 6.45) is 0. The van der Waals surface area contributed by atoms with Crippen molar-refractivity contribution in [2.75, 3.05) is 12.5 Å². The lowest BCUT2D eigenvalue weighted by Crippen LogP contribution is -2.07. The molecule has 0 bridgehead atoms. The first-order valence-corrected chi connectivity index (χ1v) is 3.39. The zero-order valence-corrected chi connectivity index (χ0v) is 6.72. The van der Waals surface area contributed by atoms with Crippen LogP contribution in [0.3, 0.4) is 0 Å². The van der Waals surface area contributed by atoms with Gasteiger partial charge in [0, 0.05) is 0 Å². The molecule has 0 saturated heterocycles. The van der Waals surface area contributed by atoms with Crippen molar-refractivity contribution in [1.29, 1.82) is 0 Å². The summed E-state index contributed by atoms with van der Waals surface area (Å²) in [6.45, 7) is 2.00. The molecule has 0 atom stereocenters. The molecule has 1 rings (SSSR count). The van der Waals surface area contributed by atoms with E-state index >= 15 is 0 Å². The summed E-state index contributed by atoms with van der Waals surface area (Å²) < 4.78 is 5.07. The Morgan fingerprint density at radius 3 is 2.73 bits per heavy atom. The Labute approximate surface area is 66.1 Å². The lowest BCUT2D eigenvalue weighted by Gasteiger charge is -2.07. The maximum absolute atomic E-state index is 5.25. The summed E-state index contributed by atoms with van der Waals surface area (Å²) in [5.41, 5.74) is 4.51. The third-order valence-electron chi connectivity index (χ3n) is 1.51. The summed E-state index contributed by atoms with van der Waals surface area (Å²) >= 11 is 0. The zero-order chi connectivity index (χ0) is 8.27. The highest BCUT2D eigenvalue weighted by atomic mass is 16.5. The van der Waals surface area contributed by atoms with Crippen LogP contribution in [0.5, 0.6) is 5.75 Å². The monoisotopic (exact) mass is 152 g/mol. The maximum Gasteiger partial charge on any atom is 0.143 e. The van der Waals surface area contributed by atoms with E-state index in [9.17, 15) is 0 Å². The number of hydrogen-bond acceptors (Lipinski definition) is 3. The third-order valence-corrected chi connectivity index (χ3v) is 1.51. The summed E-state index contributed by atoms with van der Waals surface area (Å²) in [5.74, 6) is 6.02. The number of nitrogens with two attached hydrogens (primary N) is 1. The number of hydrogen-bond donors (Lipinski definition) is 2. The quantitative estimate of drug-likeness (QED) is 0.496. The van der Waals surface area contributed by atoms with Crippen LogP contribution in [0, 0.1) is 6.92 Å². The molecule has 0 heterocycles. The number of benzene rings is 1. The van der Waals surface area contributed by atoms with Gasteiger partial charge in [-0.3, -0.25) is 5.84 Å². The molecule has 0 spiro atoms. The molecule has 0 aromatic heterocycles. The SMILES string of the molecule is COc1cc(C)ccc1NN. The zero-order valence-electron chi connectivity index (χ0n) is 6.72. The second kappa shape index (κ2) is 3.25. The highest BCUT2D eigenvalue weighted by molar-refractivity contribution is 5.56. The average Bonchev–Trinajstić information content (AvgIpc) is 2.04. The van der Waals surface area contributed by atoms with Gasteiger partial charge in [-0.1, -0.05) is 6.07 Å². The predicted molar refractivity (Wildman–Crippen MR) is 45.5 cm³/mol. The Kier molecular flexibility index (Phi) is 2.33. The van der Waals surface area contributed by atoms with Crippen LogP contribution in [-0.2, 0) is 0 Å². The van der Waals surface area contributed by atoms with E-state index in [1.807, 2.05) is 25.1 Å². The number of nitrogen functional groups attached to an aromatic ring is 1. The number of hydrazine groups is 1. The fourth-order valence-corrected chi connectivity index (χ4v) is 0.918. The first kappa shape index (κ1) is 7.88. The van der Waals surface area contributed by atoms with Gasteiger partial charge in [-0.25, -0.2) is 0 Å². The Morgan fingerprint density at radius 1 is 1.45 bits per heavy atom. The average molecular weight is 152 g/mol. The van der Waals surface area contributed by atoms with Gasteiger partial charge in [-0.15, -0.1) is 0 Å². The van der Waals surface area contributed by atoms with Gasteiger partial charge in [-0.05, 0) is 24.6 Å². The number of methoxy groups -OCH3 is 1. The minimum absolute atomic E-state index is 0.771. The fraction of sp³-hybridized carbons (Fsp3) is 0.250. The molecule has 0 aliphatic carbocycles. The number of rotatable bonds is 2. The number of nitrogens with one attached hydrogen (secondary N) is 1. The maximum atomic E-state index is 5.25. The third kappa shape index (κ3) is 1.62. The van der Waals surface area contributed by atoms with E-state index in [4.69, 9.17) is 10.6 Å². The van der Waals surface area contributed by atoms with Gasteiger partial charge in [0.1, 0.15) is 5.75 Å². The van der Waals surface area contributed by atoms with Gasteiger partial charge >= 0.3 is 0 Å². The molecular weight excluding hydrogens is 140 g/mol. The Bertz CT molecular complexity index is 248. The van der Waals surface area contributed by atoms with Crippen LogP contribution in [0.2, 0.25) is 0 Å². The molecular formula is C8H12N2O. The van der Waals surface area contributed by atoms with E-state index < -0.39 is 0 Å². The van der Waals surface area contributed by atoms with Crippen molar-refractivity contribution in [2.45, 2.75) is 6.92 Å². The van der Waals surface area contributed by atoms with Crippen molar-refractivity contribution >= 4 is 5.69 Å². The van der Waals surface area contributed by atoms with E-state index in [1.54, 1.807) is 7.11 Å². The minimum atomic E-state index is 0.771. The van der Waals surface area contributed by atoms with E-state index in [1.165, 1.54) is 0 Å². The minimum Gasteiger partial charge on any atom is -0.495 e. The molecule has 0 radical (unpaired) electrons. The smallest absolute Gasteiger partial charge is 0.143 e. The van der Waals surface area contributed by atoms with Gasteiger partial charge in [0.15, 0.2) is 0 Å². The molecule has 0 aliphatic heterocycles. The van der Waals surface area contributed by atoms with Crippen LogP contribution >= 0.6 is 0 Å². The Balaban J connectivity index is 3.06. The van der Waals surface area contributed by atoms with E-state index in [-0.39, 0.29) is 0 Å². The van der Waals surface area contributed by atoms with E-state index in [0.29, 0.717) is 0 Å². The standard InChI is InChI=1S/C8H12N2O/c1-6-3-4-7(10-9)8(5-6)11-2/h3-5,10H,9H2,1-2H3. The highest BCUT2D eigenvalue weighted by Crippen LogP contribution is 2.23. The lowest BCUT2D eigenvalue weighted by atomic mass is 10.2. The fourth-order valence-electron chi connectivity index (χ4n) is 0.918. The van der Waals surface area contributed by atoms with Crippen LogP contribution in [0.15, 0.2) is 18.2 Å². The van der Waals surface area contributed by atoms with Gasteiger partial charge in [0.2, 0.25) is 0 Å². The molecule has 0 saturated carbocycles. The molecule has 3 nitrogen and oxygen atoms in total. The molecule has 0 amide bonds. The van der Waals surface area contributed by atoms with Gasteiger partial charge < -0.3 is 10.2 Å². The summed E-state index contributed by atoms with van der Waals surface area (Å²) in [6, 6.07) is 5.78. The Hall–Kier alpha value is -1.22. The summed E-state index contributed by atoms with van der Waals surface area (Å²) in [5, 5.41) is 0. The Morgan fingerprint density at radius 2 is 2.18 bits per heavy atom. The molecule has 3 N–H and O–H groups in total. The van der Waals surface area contributed by atoms with Crippen LogP contribution in [0.4, 0.5) is 5.69 Å². The second-order valence-corrected chi connectivity index (χ2v) is 2.35. The van der Waals surface area contributed by atoms with Crippen LogP contribution in [-0.4, -0.2) is 7.11 Å². The molecule has 60 valence electrons. The molecule has 1 aromatic rings. The second-order valence-electron chi connectivity index (χ2n) is 2.35.